The molecule has 0 spiro atoms. The summed E-state index contributed by atoms with van der Waals surface area (Å²) in [6.45, 7) is 0.512. The number of thiazole rings is 1. The molecule has 0 saturated carbocycles. The highest BCUT2D eigenvalue weighted by molar-refractivity contribution is 7.18. The quantitative estimate of drug-likeness (QED) is 0.813. The van der Waals surface area contributed by atoms with Crippen LogP contribution in [0.5, 0.6) is 0 Å². The van der Waals surface area contributed by atoms with Crippen LogP contribution in [0.25, 0.3) is 10.2 Å². The first-order valence-corrected chi connectivity index (χ1v) is 7.57. The van der Waals surface area contributed by atoms with Crippen LogP contribution in [0.4, 0.5) is 4.39 Å². The summed E-state index contributed by atoms with van der Waals surface area (Å²) in [6.07, 6.45) is 0.422. The number of ketones is 1. The zero-order valence-corrected chi connectivity index (χ0v) is 12.6. The molecule has 0 N–H and O–H groups in total. The van der Waals surface area contributed by atoms with Gasteiger partial charge in [-0.1, -0.05) is 0 Å². The summed E-state index contributed by atoms with van der Waals surface area (Å²) >= 11 is 1.18. The minimum atomic E-state index is -1.08. The number of carbonyl (C=O) groups excluding carboxylic acids is 2. The normalized spacial score (nSPS) is 19.4. The van der Waals surface area contributed by atoms with Crippen LogP contribution >= 0.6 is 11.3 Å². The Kier molecular flexibility index (Phi) is 3.62. The number of nitrogens with zero attached hydrogens (tertiary/aromatic N) is 3. The van der Waals surface area contributed by atoms with E-state index in [2.05, 4.69) is 4.98 Å². The SMILES string of the molecule is CN1CC[C@H](C(=O)[C@H](C#N)c2nc3cc(F)ccc3s2)C1=O. The Morgan fingerprint density at radius 2 is 2.36 bits per heavy atom. The first kappa shape index (κ1) is 14.6. The molecule has 3 rings (SSSR count). The van der Waals surface area contributed by atoms with Crippen molar-refractivity contribution in [3.63, 3.8) is 0 Å². The number of nitriles is 1. The number of carbonyl (C=O) groups is 2. The number of hydrogen-bond acceptors (Lipinski definition) is 5. The molecule has 0 radical (unpaired) electrons. The van der Waals surface area contributed by atoms with Gasteiger partial charge in [-0.15, -0.1) is 11.3 Å². The number of halogens is 1. The summed E-state index contributed by atoms with van der Waals surface area (Å²) in [5, 5.41) is 9.65. The Bertz CT molecular complexity index is 811. The van der Waals surface area contributed by atoms with Crippen molar-refractivity contribution < 1.29 is 14.0 Å². The predicted octanol–water partition coefficient (Wildman–Crippen LogP) is 2.09. The van der Waals surface area contributed by atoms with Crippen molar-refractivity contribution in [1.82, 2.24) is 9.88 Å². The summed E-state index contributed by atoms with van der Waals surface area (Å²) in [7, 11) is 1.64. The van der Waals surface area contributed by atoms with Crippen molar-refractivity contribution in [2.75, 3.05) is 13.6 Å². The van der Waals surface area contributed by atoms with E-state index in [0.29, 0.717) is 28.2 Å². The lowest BCUT2D eigenvalue weighted by Gasteiger charge is -2.11. The summed E-state index contributed by atoms with van der Waals surface area (Å²) in [4.78, 5) is 30.1. The monoisotopic (exact) mass is 317 g/mol. The molecule has 2 heterocycles. The average Bonchev–Trinajstić information content (AvgIpc) is 3.04. The number of aromatic nitrogens is 1. The van der Waals surface area contributed by atoms with Gasteiger partial charge in [0.1, 0.15) is 16.7 Å². The molecular formula is C15H12FN3O2S. The molecule has 1 aliphatic heterocycles. The predicted molar refractivity (Wildman–Crippen MR) is 78.7 cm³/mol. The van der Waals surface area contributed by atoms with E-state index in [1.165, 1.54) is 28.4 Å². The van der Waals surface area contributed by atoms with Crippen molar-refractivity contribution in [2.45, 2.75) is 12.3 Å². The highest BCUT2D eigenvalue weighted by Gasteiger charge is 2.40. The molecule has 1 aromatic carbocycles. The number of amides is 1. The zero-order valence-electron chi connectivity index (χ0n) is 11.7. The molecule has 22 heavy (non-hydrogen) atoms. The second-order valence-electron chi connectivity index (χ2n) is 5.23. The standard InChI is InChI=1S/C15H12FN3O2S/c1-19-5-4-9(15(19)21)13(20)10(7-17)14-18-11-6-8(16)2-3-12(11)22-14/h2-3,6,9-10H,4-5H2,1H3/t9-,10+/m1/s1. The fourth-order valence-electron chi connectivity index (χ4n) is 2.57. The van der Waals surface area contributed by atoms with Crippen molar-refractivity contribution in [1.29, 1.82) is 5.26 Å². The molecule has 112 valence electrons. The molecule has 0 bridgehead atoms. The van der Waals surface area contributed by atoms with Crippen LogP contribution in [0.15, 0.2) is 18.2 Å². The van der Waals surface area contributed by atoms with Crippen molar-refractivity contribution in [3.05, 3.63) is 29.0 Å². The summed E-state index contributed by atoms with van der Waals surface area (Å²) in [6, 6.07) is 6.08. The van der Waals surface area contributed by atoms with Gasteiger partial charge in [-0.25, -0.2) is 9.37 Å². The van der Waals surface area contributed by atoms with Crippen molar-refractivity contribution in [2.24, 2.45) is 5.92 Å². The Morgan fingerprint density at radius 3 is 3.00 bits per heavy atom. The van der Waals surface area contributed by atoms with E-state index in [1.54, 1.807) is 13.1 Å². The smallest absolute Gasteiger partial charge is 0.233 e. The molecule has 5 nitrogen and oxygen atoms in total. The molecule has 1 aromatic heterocycles. The van der Waals surface area contributed by atoms with Gasteiger partial charge in [-0.3, -0.25) is 9.59 Å². The molecule has 7 heteroatoms. The van der Waals surface area contributed by atoms with E-state index in [0.717, 1.165) is 0 Å². The third-order valence-electron chi connectivity index (χ3n) is 3.80. The molecule has 0 aliphatic carbocycles. The van der Waals surface area contributed by atoms with Gasteiger partial charge in [-0.05, 0) is 18.6 Å². The molecule has 1 amide bonds. The molecule has 0 unspecified atom stereocenters. The summed E-state index contributed by atoms with van der Waals surface area (Å²) in [5.41, 5.74) is 0.419. The highest BCUT2D eigenvalue weighted by Crippen LogP contribution is 2.32. The number of likely N-dealkylation sites (tertiary alicyclic amines) is 1. The lowest BCUT2D eigenvalue weighted by Crippen LogP contribution is -2.30. The number of hydrogen-bond donors (Lipinski definition) is 0. The van der Waals surface area contributed by atoms with Gasteiger partial charge in [-0.2, -0.15) is 5.26 Å². The Labute approximate surface area is 130 Å². The number of Topliss-reactive ketones (excluding diaryl/α,β-unsaturated/α-hetero) is 1. The minimum absolute atomic E-state index is 0.252. The largest absolute Gasteiger partial charge is 0.345 e. The van der Waals surface area contributed by atoms with Crippen LogP contribution in [-0.2, 0) is 9.59 Å². The van der Waals surface area contributed by atoms with Crippen LogP contribution in [0.3, 0.4) is 0 Å². The first-order chi connectivity index (χ1) is 10.5. The summed E-state index contributed by atoms with van der Waals surface area (Å²) < 4.78 is 13.9. The topological polar surface area (TPSA) is 74.1 Å². The first-order valence-electron chi connectivity index (χ1n) is 6.75. The molecule has 1 fully saturated rings. The van der Waals surface area contributed by atoms with Gasteiger partial charge in [0.05, 0.1) is 16.3 Å². The maximum absolute atomic E-state index is 13.2. The van der Waals surface area contributed by atoms with Gasteiger partial charge < -0.3 is 4.90 Å². The Balaban J connectivity index is 1.94. The third kappa shape index (κ3) is 2.35. The van der Waals surface area contributed by atoms with Crippen LogP contribution in [0, 0.1) is 23.1 Å². The van der Waals surface area contributed by atoms with E-state index >= 15 is 0 Å². The molecule has 2 aromatic rings. The highest BCUT2D eigenvalue weighted by atomic mass is 32.1. The van der Waals surface area contributed by atoms with Crippen molar-refractivity contribution in [3.8, 4) is 6.07 Å². The summed E-state index contributed by atoms with van der Waals surface area (Å²) in [5.74, 6) is -2.95. The maximum atomic E-state index is 13.2. The van der Waals surface area contributed by atoms with Crippen LogP contribution in [0.1, 0.15) is 17.3 Å². The van der Waals surface area contributed by atoms with E-state index in [9.17, 15) is 19.2 Å². The fourth-order valence-corrected chi connectivity index (χ4v) is 3.57. The Morgan fingerprint density at radius 1 is 1.59 bits per heavy atom. The lowest BCUT2D eigenvalue weighted by atomic mass is 9.93. The van der Waals surface area contributed by atoms with Gasteiger partial charge in [0.25, 0.3) is 0 Å². The number of rotatable bonds is 3. The maximum Gasteiger partial charge on any atom is 0.233 e. The van der Waals surface area contributed by atoms with E-state index in [4.69, 9.17) is 0 Å². The van der Waals surface area contributed by atoms with Gasteiger partial charge in [0.2, 0.25) is 5.91 Å². The number of fused-ring (bicyclic) bond motifs is 1. The zero-order chi connectivity index (χ0) is 15.9. The van der Waals surface area contributed by atoms with Gasteiger partial charge >= 0.3 is 0 Å². The van der Waals surface area contributed by atoms with E-state index < -0.39 is 23.4 Å². The van der Waals surface area contributed by atoms with Crippen LogP contribution in [0.2, 0.25) is 0 Å². The van der Waals surface area contributed by atoms with Gasteiger partial charge in [0.15, 0.2) is 11.7 Å². The lowest BCUT2D eigenvalue weighted by molar-refractivity contribution is -0.136. The van der Waals surface area contributed by atoms with E-state index in [-0.39, 0.29) is 5.91 Å². The minimum Gasteiger partial charge on any atom is -0.345 e. The third-order valence-corrected chi connectivity index (χ3v) is 4.90. The average molecular weight is 317 g/mol. The van der Waals surface area contributed by atoms with Crippen LogP contribution in [-0.4, -0.2) is 35.2 Å². The van der Waals surface area contributed by atoms with Crippen molar-refractivity contribution >= 4 is 33.2 Å². The van der Waals surface area contributed by atoms with E-state index in [1.807, 2.05) is 6.07 Å². The molecular weight excluding hydrogens is 305 g/mol. The molecule has 1 aliphatic rings. The van der Waals surface area contributed by atoms with Crippen LogP contribution < -0.4 is 0 Å². The second-order valence-corrected chi connectivity index (χ2v) is 6.29. The second kappa shape index (κ2) is 5.46. The fraction of sp³-hybridized carbons (Fsp3) is 0.333. The Hall–Kier alpha value is -2.33. The molecule has 2 atom stereocenters. The van der Waals surface area contributed by atoms with Gasteiger partial charge in [0, 0.05) is 19.7 Å². The molecule has 1 saturated heterocycles. The number of benzene rings is 1.